The highest BCUT2D eigenvalue weighted by Gasteiger charge is 2.17. The molecule has 2 N–H and O–H groups in total. The fourth-order valence-electron chi connectivity index (χ4n) is 2.37. The van der Waals surface area contributed by atoms with E-state index in [1.807, 2.05) is 31.2 Å². The van der Waals surface area contributed by atoms with Crippen molar-refractivity contribution in [3.8, 4) is 0 Å². The van der Waals surface area contributed by atoms with E-state index in [9.17, 15) is 4.79 Å². The number of nitrogens with one attached hydrogen (secondary N) is 2. The number of thiazole rings is 1. The third-order valence-electron chi connectivity index (χ3n) is 3.64. The summed E-state index contributed by atoms with van der Waals surface area (Å²) in [6.45, 7) is 3.38. The SMILES string of the molecule is Cc1ccccc1Nc1nc(C(=O)NCC2CCCO2)cs1. The Labute approximate surface area is 133 Å². The fraction of sp³-hybridized carbons (Fsp3) is 0.375. The maximum Gasteiger partial charge on any atom is 0.270 e. The Bertz CT molecular complexity index is 650. The molecule has 2 aromatic rings. The molecule has 0 saturated carbocycles. The second-order valence-corrected chi connectivity index (χ2v) is 6.18. The molecule has 0 aliphatic carbocycles. The van der Waals surface area contributed by atoms with Crippen LogP contribution < -0.4 is 10.6 Å². The van der Waals surface area contributed by atoms with Crippen LogP contribution in [0.1, 0.15) is 28.9 Å². The third-order valence-corrected chi connectivity index (χ3v) is 4.40. The molecule has 1 unspecified atom stereocenters. The van der Waals surface area contributed by atoms with Crippen LogP contribution in [0.3, 0.4) is 0 Å². The van der Waals surface area contributed by atoms with Gasteiger partial charge in [0, 0.05) is 24.2 Å². The Hall–Kier alpha value is -1.92. The molecule has 1 aromatic heterocycles. The maximum atomic E-state index is 12.1. The number of ether oxygens (including phenoxy) is 1. The summed E-state index contributed by atoms with van der Waals surface area (Å²) in [6.07, 6.45) is 2.23. The number of hydrogen-bond acceptors (Lipinski definition) is 5. The van der Waals surface area contributed by atoms with Crippen molar-refractivity contribution in [1.82, 2.24) is 10.3 Å². The van der Waals surface area contributed by atoms with E-state index in [2.05, 4.69) is 15.6 Å². The average molecular weight is 317 g/mol. The second-order valence-electron chi connectivity index (χ2n) is 5.32. The van der Waals surface area contributed by atoms with E-state index in [1.165, 1.54) is 11.3 Å². The maximum absolute atomic E-state index is 12.1. The molecular formula is C16H19N3O2S. The molecule has 6 heteroatoms. The normalized spacial score (nSPS) is 17.4. The number of aromatic nitrogens is 1. The first kappa shape index (κ1) is 15.0. The van der Waals surface area contributed by atoms with Crippen molar-refractivity contribution in [3.63, 3.8) is 0 Å². The van der Waals surface area contributed by atoms with Gasteiger partial charge in [0.1, 0.15) is 5.69 Å². The van der Waals surface area contributed by atoms with Gasteiger partial charge in [0.15, 0.2) is 5.13 Å². The Morgan fingerprint density at radius 2 is 2.32 bits per heavy atom. The van der Waals surface area contributed by atoms with Crippen LogP contribution in [0.4, 0.5) is 10.8 Å². The summed E-state index contributed by atoms with van der Waals surface area (Å²) in [4.78, 5) is 16.4. The van der Waals surface area contributed by atoms with Gasteiger partial charge in [-0.15, -0.1) is 11.3 Å². The fourth-order valence-corrected chi connectivity index (χ4v) is 3.07. The zero-order valence-corrected chi connectivity index (χ0v) is 13.3. The average Bonchev–Trinajstić information content (AvgIpc) is 3.19. The lowest BCUT2D eigenvalue weighted by molar-refractivity contribution is 0.0854. The van der Waals surface area contributed by atoms with E-state index in [1.54, 1.807) is 5.38 Å². The number of para-hydroxylation sites is 1. The van der Waals surface area contributed by atoms with Crippen LogP contribution in [0.5, 0.6) is 0 Å². The van der Waals surface area contributed by atoms with E-state index in [4.69, 9.17) is 4.74 Å². The first-order valence-corrected chi connectivity index (χ1v) is 8.28. The first-order chi connectivity index (χ1) is 10.7. The predicted molar refractivity (Wildman–Crippen MR) is 87.9 cm³/mol. The zero-order valence-electron chi connectivity index (χ0n) is 12.5. The number of carbonyl (C=O) groups excluding carboxylic acids is 1. The van der Waals surface area contributed by atoms with E-state index < -0.39 is 0 Å². The lowest BCUT2D eigenvalue weighted by Crippen LogP contribution is -2.31. The van der Waals surface area contributed by atoms with E-state index in [-0.39, 0.29) is 12.0 Å². The van der Waals surface area contributed by atoms with Gasteiger partial charge in [0.05, 0.1) is 6.10 Å². The Morgan fingerprint density at radius 3 is 3.09 bits per heavy atom. The highest BCUT2D eigenvalue weighted by atomic mass is 32.1. The minimum absolute atomic E-state index is 0.146. The van der Waals surface area contributed by atoms with Crippen LogP contribution >= 0.6 is 11.3 Å². The lowest BCUT2D eigenvalue weighted by Gasteiger charge is -2.09. The number of rotatable bonds is 5. The molecule has 1 aromatic carbocycles. The van der Waals surface area contributed by atoms with E-state index >= 15 is 0 Å². The van der Waals surface area contributed by atoms with E-state index in [0.29, 0.717) is 12.2 Å². The summed E-state index contributed by atoms with van der Waals surface area (Å²) in [6, 6.07) is 7.99. The van der Waals surface area contributed by atoms with Crippen LogP contribution in [0.15, 0.2) is 29.6 Å². The van der Waals surface area contributed by atoms with Crippen molar-refractivity contribution >= 4 is 28.1 Å². The molecule has 0 spiro atoms. The molecule has 1 aliphatic heterocycles. The first-order valence-electron chi connectivity index (χ1n) is 7.40. The van der Waals surface area contributed by atoms with Crippen molar-refractivity contribution in [1.29, 1.82) is 0 Å². The standard InChI is InChI=1S/C16H19N3O2S/c1-11-5-2-3-7-13(11)18-16-19-14(10-22-16)15(20)17-9-12-6-4-8-21-12/h2-3,5,7,10,12H,4,6,8-9H2,1H3,(H,17,20)(H,18,19). The van der Waals surface area contributed by atoms with Gasteiger partial charge in [-0.1, -0.05) is 18.2 Å². The van der Waals surface area contributed by atoms with Crippen LogP contribution in [0, 0.1) is 6.92 Å². The summed E-state index contributed by atoms with van der Waals surface area (Å²) in [5.41, 5.74) is 2.59. The van der Waals surface area contributed by atoms with Crippen LogP contribution in [0.25, 0.3) is 0 Å². The molecular weight excluding hydrogens is 298 g/mol. The van der Waals surface area contributed by atoms with Crippen LogP contribution in [-0.2, 0) is 4.74 Å². The number of carbonyl (C=O) groups is 1. The molecule has 0 bridgehead atoms. The Balaban J connectivity index is 1.58. The number of benzene rings is 1. The molecule has 5 nitrogen and oxygen atoms in total. The number of aryl methyl sites for hydroxylation is 1. The van der Waals surface area contributed by atoms with Gasteiger partial charge in [-0.05, 0) is 31.4 Å². The van der Waals surface area contributed by atoms with Crippen molar-refractivity contribution in [2.45, 2.75) is 25.9 Å². The Morgan fingerprint density at radius 1 is 1.45 bits per heavy atom. The molecule has 0 radical (unpaired) electrons. The monoisotopic (exact) mass is 317 g/mol. The second kappa shape index (κ2) is 6.89. The molecule has 116 valence electrons. The molecule has 1 saturated heterocycles. The Kier molecular flexibility index (Phi) is 4.70. The van der Waals surface area contributed by atoms with Crippen molar-refractivity contribution < 1.29 is 9.53 Å². The lowest BCUT2D eigenvalue weighted by atomic mass is 10.2. The molecule has 1 aliphatic rings. The number of amides is 1. The van der Waals surface area contributed by atoms with Crippen molar-refractivity contribution in [2.75, 3.05) is 18.5 Å². The van der Waals surface area contributed by atoms with Gasteiger partial charge in [-0.25, -0.2) is 4.98 Å². The highest BCUT2D eigenvalue weighted by molar-refractivity contribution is 7.14. The summed E-state index contributed by atoms with van der Waals surface area (Å²) < 4.78 is 5.49. The summed E-state index contributed by atoms with van der Waals surface area (Å²) in [5, 5.41) is 8.62. The van der Waals surface area contributed by atoms with Gasteiger partial charge in [-0.3, -0.25) is 4.79 Å². The molecule has 1 amide bonds. The van der Waals surface area contributed by atoms with Crippen LogP contribution in [-0.4, -0.2) is 30.1 Å². The van der Waals surface area contributed by atoms with Gasteiger partial charge in [-0.2, -0.15) is 0 Å². The van der Waals surface area contributed by atoms with Crippen molar-refractivity contribution in [3.05, 3.63) is 40.9 Å². The molecule has 2 heterocycles. The topological polar surface area (TPSA) is 63.2 Å². The van der Waals surface area contributed by atoms with Gasteiger partial charge in [0.2, 0.25) is 0 Å². The number of anilines is 2. The number of hydrogen-bond donors (Lipinski definition) is 2. The minimum atomic E-state index is -0.149. The molecule has 1 atom stereocenters. The highest BCUT2D eigenvalue weighted by Crippen LogP contribution is 2.23. The largest absolute Gasteiger partial charge is 0.376 e. The van der Waals surface area contributed by atoms with Gasteiger partial charge < -0.3 is 15.4 Å². The summed E-state index contributed by atoms with van der Waals surface area (Å²) in [7, 11) is 0. The third kappa shape index (κ3) is 3.64. The van der Waals surface area contributed by atoms with Gasteiger partial charge in [0.25, 0.3) is 5.91 Å². The smallest absolute Gasteiger partial charge is 0.270 e. The zero-order chi connectivity index (χ0) is 15.4. The van der Waals surface area contributed by atoms with Crippen LogP contribution in [0.2, 0.25) is 0 Å². The predicted octanol–water partition coefficient (Wildman–Crippen LogP) is 3.10. The van der Waals surface area contributed by atoms with E-state index in [0.717, 1.165) is 35.8 Å². The molecule has 3 rings (SSSR count). The minimum Gasteiger partial charge on any atom is -0.376 e. The summed E-state index contributed by atoms with van der Waals surface area (Å²) >= 11 is 1.43. The van der Waals surface area contributed by atoms with Gasteiger partial charge >= 0.3 is 0 Å². The molecule has 1 fully saturated rings. The number of nitrogens with zero attached hydrogens (tertiary/aromatic N) is 1. The quantitative estimate of drug-likeness (QED) is 0.889. The van der Waals surface area contributed by atoms with Crippen molar-refractivity contribution in [2.24, 2.45) is 0 Å². The summed E-state index contributed by atoms with van der Waals surface area (Å²) in [5.74, 6) is -0.149. The molecule has 22 heavy (non-hydrogen) atoms.